The Morgan fingerprint density at radius 2 is 2.00 bits per heavy atom. The summed E-state index contributed by atoms with van der Waals surface area (Å²) in [4.78, 5) is 13.4. The third-order valence-corrected chi connectivity index (χ3v) is 4.56. The Balaban J connectivity index is 1.68. The molecular weight excluding hydrogens is 228 g/mol. The van der Waals surface area contributed by atoms with E-state index < -0.39 is 5.97 Å². The van der Waals surface area contributed by atoms with Crippen molar-refractivity contribution >= 4 is 5.97 Å². The molecule has 2 rings (SSSR count). The van der Waals surface area contributed by atoms with Crippen LogP contribution >= 0.6 is 0 Å². The molecule has 18 heavy (non-hydrogen) atoms. The van der Waals surface area contributed by atoms with E-state index in [2.05, 4.69) is 17.3 Å². The van der Waals surface area contributed by atoms with Crippen molar-refractivity contribution in [3.8, 4) is 0 Å². The first-order valence-corrected chi connectivity index (χ1v) is 7.30. The Morgan fingerprint density at radius 1 is 1.28 bits per heavy atom. The highest BCUT2D eigenvalue weighted by Gasteiger charge is 2.27. The molecule has 2 fully saturated rings. The van der Waals surface area contributed by atoms with Crippen LogP contribution in [-0.4, -0.2) is 48.7 Å². The topological polar surface area (TPSA) is 52.6 Å². The number of carboxylic acids is 1. The molecule has 1 saturated carbocycles. The monoisotopic (exact) mass is 254 g/mol. The molecule has 0 aromatic rings. The number of nitrogens with one attached hydrogen (secondary N) is 1. The molecule has 1 saturated heterocycles. The highest BCUT2D eigenvalue weighted by atomic mass is 16.4. The van der Waals surface area contributed by atoms with Gasteiger partial charge >= 0.3 is 5.97 Å². The minimum Gasteiger partial charge on any atom is -0.481 e. The van der Waals surface area contributed by atoms with Crippen LogP contribution in [0.25, 0.3) is 0 Å². The number of nitrogens with zero attached hydrogens (tertiary/aromatic N) is 1. The van der Waals surface area contributed by atoms with Crippen LogP contribution in [0.5, 0.6) is 0 Å². The summed E-state index contributed by atoms with van der Waals surface area (Å²) in [6.45, 7) is 3.48. The van der Waals surface area contributed by atoms with Crippen molar-refractivity contribution in [1.82, 2.24) is 10.2 Å². The second-order valence-electron chi connectivity index (χ2n) is 6.05. The van der Waals surface area contributed by atoms with E-state index in [1.165, 1.54) is 25.9 Å². The van der Waals surface area contributed by atoms with Gasteiger partial charge in [-0.25, -0.2) is 0 Å². The Labute approximate surface area is 110 Å². The molecule has 2 aliphatic rings. The van der Waals surface area contributed by atoms with Crippen LogP contribution < -0.4 is 5.32 Å². The second kappa shape index (κ2) is 6.53. The standard InChI is InChI=1S/C14H26N2O2/c1-16-7-5-11(6-8-16)10-15-13-4-2-3-12(9-13)14(17)18/h11-13,15H,2-10H2,1H3,(H,17,18). The van der Waals surface area contributed by atoms with E-state index in [1.54, 1.807) is 0 Å². The van der Waals surface area contributed by atoms with Crippen molar-refractivity contribution < 1.29 is 9.90 Å². The summed E-state index contributed by atoms with van der Waals surface area (Å²) >= 11 is 0. The molecule has 0 amide bonds. The van der Waals surface area contributed by atoms with E-state index in [1.807, 2.05) is 0 Å². The van der Waals surface area contributed by atoms with Gasteiger partial charge in [0.15, 0.2) is 0 Å². The predicted octanol–water partition coefficient (Wildman–Crippen LogP) is 1.56. The highest BCUT2D eigenvalue weighted by Crippen LogP contribution is 2.25. The predicted molar refractivity (Wildman–Crippen MR) is 71.6 cm³/mol. The lowest BCUT2D eigenvalue weighted by atomic mass is 9.85. The van der Waals surface area contributed by atoms with Gasteiger partial charge in [-0.15, -0.1) is 0 Å². The van der Waals surface area contributed by atoms with Crippen LogP contribution in [0.1, 0.15) is 38.5 Å². The third-order valence-electron chi connectivity index (χ3n) is 4.56. The van der Waals surface area contributed by atoms with E-state index in [0.717, 1.165) is 38.1 Å². The first-order valence-electron chi connectivity index (χ1n) is 7.30. The lowest BCUT2D eigenvalue weighted by Gasteiger charge is -2.32. The van der Waals surface area contributed by atoms with Gasteiger partial charge < -0.3 is 15.3 Å². The number of hydrogen-bond donors (Lipinski definition) is 2. The maximum Gasteiger partial charge on any atom is 0.306 e. The van der Waals surface area contributed by atoms with Gasteiger partial charge in [-0.1, -0.05) is 6.42 Å². The fourth-order valence-corrected chi connectivity index (χ4v) is 3.20. The van der Waals surface area contributed by atoms with E-state index in [4.69, 9.17) is 5.11 Å². The zero-order valence-corrected chi connectivity index (χ0v) is 11.4. The molecule has 2 unspecified atom stereocenters. The Kier molecular flexibility index (Phi) is 5.01. The van der Waals surface area contributed by atoms with Crippen LogP contribution in [0.4, 0.5) is 0 Å². The zero-order valence-electron chi connectivity index (χ0n) is 11.4. The van der Waals surface area contributed by atoms with Crippen molar-refractivity contribution in [3.05, 3.63) is 0 Å². The van der Waals surface area contributed by atoms with Crippen LogP contribution in [0.15, 0.2) is 0 Å². The summed E-state index contributed by atoms with van der Waals surface area (Å²) in [6, 6.07) is 0.430. The molecule has 0 bridgehead atoms. The van der Waals surface area contributed by atoms with Crippen molar-refractivity contribution in [2.75, 3.05) is 26.7 Å². The minimum atomic E-state index is -0.610. The molecule has 4 nitrogen and oxygen atoms in total. The van der Waals surface area contributed by atoms with Gasteiger partial charge in [0.05, 0.1) is 5.92 Å². The fraction of sp³-hybridized carbons (Fsp3) is 0.929. The van der Waals surface area contributed by atoms with Gasteiger partial charge in [0.1, 0.15) is 0 Å². The summed E-state index contributed by atoms with van der Waals surface area (Å²) in [6.07, 6.45) is 6.44. The quantitative estimate of drug-likeness (QED) is 0.799. The lowest BCUT2D eigenvalue weighted by Crippen LogP contribution is -2.41. The molecule has 0 spiro atoms. The van der Waals surface area contributed by atoms with Crippen molar-refractivity contribution in [2.45, 2.75) is 44.6 Å². The van der Waals surface area contributed by atoms with Crippen LogP contribution in [-0.2, 0) is 4.79 Å². The van der Waals surface area contributed by atoms with E-state index in [0.29, 0.717) is 6.04 Å². The van der Waals surface area contributed by atoms with Gasteiger partial charge in [0.25, 0.3) is 0 Å². The molecule has 104 valence electrons. The average Bonchev–Trinajstić information content (AvgIpc) is 2.38. The summed E-state index contributed by atoms with van der Waals surface area (Å²) in [7, 11) is 2.18. The molecule has 2 N–H and O–H groups in total. The van der Waals surface area contributed by atoms with Crippen LogP contribution in [0.3, 0.4) is 0 Å². The molecule has 0 aromatic heterocycles. The average molecular weight is 254 g/mol. The molecule has 4 heteroatoms. The first-order chi connectivity index (χ1) is 8.65. The molecule has 0 aromatic carbocycles. The van der Waals surface area contributed by atoms with Gasteiger partial charge in [-0.05, 0) is 64.7 Å². The first kappa shape index (κ1) is 13.8. The minimum absolute atomic E-state index is 0.117. The smallest absolute Gasteiger partial charge is 0.306 e. The third kappa shape index (κ3) is 3.95. The SMILES string of the molecule is CN1CCC(CNC2CCCC(C(=O)O)C2)CC1. The molecule has 0 radical (unpaired) electrons. The Hall–Kier alpha value is -0.610. The number of carbonyl (C=O) groups is 1. The number of aliphatic carboxylic acids is 1. The van der Waals surface area contributed by atoms with E-state index in [-0.39, 0.29) is 5.92 Å². The molecule has 1 heterocycles. The maximum absolute atomic E-state index is 11.0. The number of carboxylic acid groups (broad SMARTS) is 1. The Morgan fingerprint density at radius 3 is 2.67 bits per heavy atom. The van der Waals surface area contributed by atoms with Crippen LogP contribution in [0.2, 0.25) is 0 Å². The normalized spacial score (nSPS) is 31.4. The summed E-state index contributed by atoms with van der Waals surface area (Å²) in [5.41, 5.74) is 0. The highest BCUT2D eigenvalue weighted by molar-refractivity contribution is 5.70. The van der Waals surface area contributed by atoms with Crippen LogP contribution in [0, 0.1) is 11.8 Å². The van der Waals surface area contributed by atoms with Gasteiger partial charge in [0, 0.05) is 6.04 Å². The molecule has 2 atom stereocenters. The number of piperidine rings is 1. The summed E-state index contributed by atoms with van der Waals surface area (Å²) in [5, 5.41) is 12.7. The summed E-state index contributed by atoms with van der Waals surface area (Å²) < 4.78 is 0. The largest absolute Gasteiger partial charge is 0.481 e. The number of likely N-dealkylation sites (tertiary alicyclic amines) is 1. The van der Waals surface area contributed by atoms with Crippen molar-refractivity contribution in [1.29, 1.82) is 0 Å². The second-order valence-corrected chi connectivity index (χ2v) is 6.05. The lowest BCUT2D eigenvalue weighted by molar-refractivity contribution is -0.143. The van der Waals surface area contributed by atoms with E-state index in [9.17, 15) is 4.79 Å². The van der Waals surface area contributed by atoms with Crippen molar-refractivity contribution in [2.24, 2.45) is 11.8 Å². The fourth-order valence-electron chi connectivity index (χ4n) is 3.20. The van der Waals surface area contributed by atoms with Gasteiger partial charge in [-0.3, -0.25) is 4.79 Å². The van der Waals surface area contributed by atoms with Gasteiger partial charge in [-0.2, -0.15) is 0 Å². The van der Waals surface area contributed by atoms with Crippen molar-refractivity contribution in [3.63, 3.8) is 0 Å². The Bertz CT molecular complexity index is 275. The van der Waals surface area contributed by atoms with Gasteiger partial charge in [0.2, 0.25) is 0 Å². The summed E-state index contributed by atoms with van der Waals surface area (Å²) in [5.74, 6) is 0.0564. The number of rotatable bonds is 4. The maximum atomic E-state index is 11.0. The van der Waals surface area contributed by atoms with E-state index >= 15 is 0 Å². The number of hydrogen-bond acceptors (Lipinski definition) is 3. The molecule has 1 aliphatic heterocycles. The molecular formula is C14H26N2O2. The zero-order chi connectivity index (χ0) is 13.0. The molecule has 1 aliphatic carbocycles.